The van der Waals surface area contributed by atoms with Gasteiger partial charge in [-0.3, -0.25) is 4.79 Å². The van der Waals surface area contributed by atoms with Gasteiger partial charge in [0.15, 0.2) is 0 Å². The fraction of sp³-hybridized carbons (Fsp3) is 0.533. The molecule has 3 nitrogen and oxygen atoms in total. The zero-order chi connectivity index (χ0) is 14.4. The van der Waals surface area contributed by atoms with Crippen molar-refractivity contribution in [2.24, 2.45) is 0 Å². The summed E-state index contributed by atoms with van der Waals surface area (Å²) in [4.78, 5) is 11.7. The standard InChI is InChI=1S/C15H20Cl2N2O/c16-12-6-5-11(14(17)9-12)7-8-18-10-15(20)19-13-3-1-2-4-13/h5-6,9,13,18H,1-4,7-8,10H2,(H,19,20). The van der Waals surface area contributed by atoms with Gasteiger partial charge in [-0.1, -0.05) is 42.1 Å². The summed E-state index contributed by atoms with van der Waals surface area (Å²) >= 11 is 11.9. The maximum Gasteiger partial charge on any atom is 0.234 e. The van der Waals surface area contributed by atoms with Crippen LogP contribution in [0.2, 0.25) is 10.0 Å². The average molecular weight is 315 g/mol. The third-order valence-electron chi connectivity index (χ3n) is 3.59. The van der Waals surface area contributed by atoms with Crippen molar-refractivity contribution in [3.63, 3.8) is 0 Å². The number of amides is 1. The van der Waals surface area contributed by atoms with Crippen LogP contribution >= 0.6 is 23.2 Å². The second-order valence-corrected chi connectivity index (χ2v) is 6.06. The Kier molecular flexibility index (Phi) is 6.14. The maximum atomic E-state index is 11.7. The molecular weight excluding hydrogens is 295 g/mol. The van der Waals surface area contributed by atoms with Gasteiger partial charge in [0.05, 0.1) is 6.54 Å². The highest BCUT2D eigenvalue weighted by Gasteiger charge is 2.16. The van der Waals surface area contributed by atoms with Gasteiger partial charge in [0, 0.05) is 16.1 Å². The molecule has 0 bridgehead atoms. The number of hydrogen-bond donors (Lipinski definition) is 2. The summed E-state index contributed by atoms with van der Waals surface area (Å²) in [6.45, 7) is 1.08. The summed E-state index contributed by atoms with van der Waals surface area (Å²) in [6.07, 6.45) is 5.48. The molecule has 0 heterocycles. The lowest BCUT2D eigenvalue weighted by molar-refractivity contribution is -0.120. The van der Waals surface area contributed by atoms with Crippen LogP contribution < -0.4 is 10.6 Å². The maximum absolute atomic E-state index is 11.7. The second kappa shape index (κ2) is 7.87. The Morgan fingerprint density at radius 3 is 2.70 bits per heavy atom. The van der Waals surface area contributed by atoms with Gasteiger partial charge in [-0.25, -0.2) is 0 Å². The molecule has 20 heavy (non-hydrogen) atoms. The van der Waals surface area contributed by atoms with E-state index in [-0.39, 0.29) is 5.91 Å². The first-order valence-electron chi connectivity index (χ1n) is 7.09. The minimum atomic E-state index is 0.0825. The van der Waals surface area contributed by atoms with E-state index in [1.807, 2.05) is 12.1 Å². The number of nitrogens with one attached hydrogen (secondary N) is 2. The number of halogens is 2. The normalized spacial score (nSPS) is 15.5. The summed E-state index contributed by atoms with van der Waals surface area (Å²) < 4.78 is 0. The Labute approximate surface area is 130 Å². The van der Waals surface area contributed by atoms with Crippen LogP contribution in [0.1, 0.15) is 31.2 Å². The molecule has 1 saturated carbocycles. The monoisotopic (exact) mass is 314 g/mol. The van der Waals surface area contributed by atoms with Crippen molar-refractivity contribution in [1.82, 2.24) is 10.6 Å². The van der Waals surface area contributed by atoms with Gasteiger partial charge >= 0.3 is 0 Å². The first-order valence-corrected chi connectivity index (χ1v) is 7.85. The van der Waals surface area contributed by atoms with Crippen molar-refractivity contribution < 1.29 is 4.79 Å². The Morgan fingerprint density at radius 2 is 2.00 bits per heavy atom. The second-order valence-electron chi connectivity index (χ2n) is 5.21. The van der Waals surface area contributed by atoms with Crippen LogP contribution in [0.25, 0.3) is 0 Å². The fourth-order valence-corrected chi connectivity index (χ4v) is 3.00. The molecule has 0 radical (unpaired) electrons. The van der Waals surface area contributed by atoms with Crippen molar-refractivity contribution in [3.8, 4) is 0 Å². The van der Waals surface area contributed by atoms with Crippen LogP contribution in [0.5, 0.6) is 0 Å². The number of rotatable bonds is 6. The highest BCUT2D eigenvalue weighted by molar-refractivity contribution is 6.35. The van der Waals surface area contributed by atoms with E-state index >= 15 is 0 Å². The molecule has 0 spiro atoms. The van der Waals surface area contributed by atoms with Crippen molar-refractivity contribution in [2.75, 3.05) is 13.1 Å². The lowest BCUT2D eigenvalue weighted by atomic mass is 10.1. The van der Waals surface area contributed by atoms with Crippen LogP contribution in [-0.2, 0) is 11.2 Å². The largest absolute Gasteiger partial charge is 0.352 e. The molecule has 1 aliphatic rings. The van der Waals surface area contributed by atoms with E-state index < -0.39 is 0 Å². The smallest absolute Gasteiger partial charge is 0.234 e. The van der Waals surface area contributed by atoms with Gasteiger partial charge in [0.1, 0.15) is 0 Å². The first kappa shape index (κ1) is 15.6. The molecule has 5 heteroatoms. The van der Waals surface area contributed by atoms with E-state index in [1.54, 1.807) is 6.07 Å². The molecule has 2 rings (SSSR count). The molecule has 1 aromatic carbocycles. The molecule has 1 fully saturated rings. The van der Waals surface area contributed by atoms with Crippen molar-refractivity contribution in [3.05, 3.63) is 33.8 Å². The molecule has 1 amide bonds. The SMILES string of the molecule is O=C(CNCCc1ccc(Cl)cc1Cl)NC1CCCC1. The lowest BCUT2D eigenvalue weighted by Gasteiger charge is -2.12. The third-order valence-corrected chi connectivity index (χ3v) is 4.18. The molecular formula is C15H20Cl2N2O. The van der Waals surface area contributed by atoms with E-state index in [0.717, 1.165) is 31.4 Å². The van der Waals surface area contributed by atoms with E-state index in [4.69, 9.17) is 23.2 Å². The van der Waals surface area contributed by atoms with Gasteiger partial charge in [-0.2, -0.15) is 0 Å². The molecule has 1 aromatic rings. The molecule has 0 unspecified atom stereocenters. The minimum Gasteiger partial charge on any atom is -0.352 e. The minimum absolute atomic E-state index is 0.0825. The molecule has 0 saturated heterocycles. The highest BCUT2D eigenvalue weighted by atomic mass is 35.5. The molecule has 1 aliphatic carbocycles. The Balaban J connectivity index is 1.64. The van der Waals surface area contributed by atoms with Gasteiger partial charge in [-0.05, 0) is 43.5 Å². The summed E-state index contributed by atoms with van der Waals surface area (Å²) in [5.74, 6) is 0.0825. The summed E-state index contributed by atoms with van der Waals surface area (Å²) in [5, 5.41) is 7.51. The quantitative estimate of drug-likeness (QED) is 0.792. The summed E-state index contributed by atoms with van der Waals surface area (Å²) in [6, 6.07) is 5.88. The molecule has 0 atom stereocenters. The zero-order valence-corrected chi connectivity index (χ0v) is 12.9. The van der Waals surface area contributed by atoms with Gasteiger partial charge < -0.3 is 10.6 Å². The molecule has 0 aromatic heterocycles. The number of carbonyl (C=O) groups excluding carboxylic acids is 1. The van der Waals surface area contributed by atoms with Crippen LogP contribution in [0.15, 0.2) is 18.2 Å². The lowest BCUT2D eigenvalue weighted by Crippen LogP contribution is -2.39. The van der Waals surface area contributed by atoms with Crippen LogP contribution in [0, 0.1) is 0 Å². The van der Waals surface area contributed by atoms with Crippen molar-refractivity contribution in [1.29, 1.82) is 0 Å². The van der Waals surface area contributed by atoms with Crippen molar-refractivity contribution >= 4 is 29.1 Å². The number of benzene rings is 1. The van der Waals surface area contributed by atoms with Gasteiger partial charge in [0.25, 0.3) is 0 Å². The van der Waals surface area contributed by atoms with E-state index in [9.17, 15) is 4.79 Å². The molecule has 2 N–H and O–H groups in total. The van der Waals surface area contributed by atoms with E-state index in [1.165, 1.54) is 12.8 Å². The van der Waals surface area contributed by atoms with Crippen molar-refractivity contribution in [2.45, 2.75) is 38.1 Å². The molecule has 110 valence electrons. The summed E-state index contributed by atoms with van der Waals surface area (Å²) in [7, 11) is 0. The third kappa shape index (κ3) is 4.97. The van der Waals surface area contributed by atoms with E-state index in [0.29, 0.717) is 22.6 Å². The Hall–Kier alpha value is -0.770. The van der Waals surface area contributed by atoms with Crippen LogP contribution in [-0.4, -0.2) is 25.0 Å². The Morgan fingerprint density at radius 1 is 1.25 bits per heavy atom. The highest BCUT2D eigenvalue weighted by Crippen LogP contribution is 2.21. The predicted octanol–water partition coefficient (Wildman–Crippen LogP) is 3.18. The van der Waals surface area contributed by atoms with E-state index in [2.05, 4.69) is 10.6 Å². The zero-order valence-electron chi connectivity index (χ0n) is 11.4. The fourth-order valence-electron chi connectivity index (χ4n) is 2.50. The number of hydrogen-bond acceptors (Lipinski definition) is 2. The van der Waals surface area contributed by atoms with Gasteiger partial charge in [-0.15, -0.1) is 0 Å². The average Bonchev–Trinajstić information content (AvgIpc) is 2.89. The Bertz CT molecular complexity index is 459. The van der Waals surface area contributed by atoms with Gasteiger partial charge in [0.2, 0.25) is 5.91 Å². The first-order chi connectivity index (χ1) is 9.65. The topological polar surface area (TPSA) is 41.1 Å². The predicted molar refractivity (Wildman–Crippen MR) is 83.4 cm³/mol. The summed E-state index contributed by atoms with van der Waals surface area (Å²) in [5.41, 5.74) is 1.04. The molecule has 0 aliphatic heterocycles. The number of carbonyl (C=O) groups is 1. The van der Waals surface area contributed by atoms with Crippen LogP contribution in [0.3, 0.4) is 0 Å². The van der Waals surface area contributed by atoms with Crippen LogP contribution in [0.4, 0.5) is 0 Å².